The molecule has 2 fully saturated rings. The number of imide groups is 1. The Kier molecular flexibility index (Phi) is 6.26. The number of aryl methyl sites for hydroxylation is 1. The number of hydrogen-bond donors (Lipinski definition) is 1. The van der Waals surface area contributed by atoms with Crippen molar-refractivity contribution in [2.45, 2.75) is 77.4 Å². The molecule has 0 bridgehead atoms. The van der Waals surface area contributed by atoms with Crippen LogP contribution in [0.2, 0.25) is 0 Å². The number of carbonyl (C=O) groups excluding carboxylic acids is 2. The summed E-state index contributed by atoms with van der Waals surface area (Å²) < 4.78 is 2.96. The molecule has 2 aromatic rings. The second-order valence-corrected chi connectivity index (χ2v) is 10.1. The summed E-state index contributed by atoms with van der Waals surface area (Å²) in [6, 6.07) is 0.591. The Morgan fingerprint density at radius 3 is 2.41 bits per heavy atom. The third-order valence-electron chi connectivity index (χ3n) is 7.71. The summed E-state index contributed by atoms with van der Waals surface area (Å²) in [4.78, 5) is 58.6. The number of unbranched alkanes of at least 4 members (excludes halogenated alkanes) is 1. The first kappa shape index (κ1) is 24.0. The van der Waals surface area contributed by atoms with Gasteiger partial charge >= 0.3 is 11.7 Å². The highest BCUT2D eigenvalue weighted by Crippen LogP contribution is 2.44. The molecule has 1 aliphatic carbocycles. The minimum atomic E-state index is -0.473. The molecule has 2 N–H and O–H groups in total. The molecule has 1 unspecified atom stereocenters. The van der Waals surface area contributed by atoms with Crippen molar-refractivity contribution >= 4 is 28.7 Å². The van der Waals surface area contributed by atoms with E-state index in [0.717, 1.165) is 25.7 Å². The Hall–Kier alpha value is -3.17. The SMILES string of the molecule is CCCCn1c(=O)n(C2CCC(C)(CC3C(=O)N(C)C(=O)N3C)CC2)c(=O)c2c(N)ccnc21. The lowest BCUT2D eigenvalue weighted by atomic mass is 9.70. The van der Waals surface area contributed by atoms with Crippen LogP contribution in [0.25, 0.3) is 11.0 Å². The number of aromatic nitrogens is 3. The highest BCUT2D eigenvalue weighted by molar-refractivity contribution is 6.03. The summed E-state index contributed by atoms with van der Waals surface area (Å²) in [6.45, 7) is 4.65. The molecule has 34 heavy (non-hydrogen) atoms. The molecule has 10 heteroatoms. The number of nitrogens with two attached hydrogens (primary N) is 1. The van der Waals surface area contributed by atoms with E-state index in [0.29, 0.717) is 42.5 Å². The van der Waals surface area contributed by atoms with Gasteiger partial charge in [0.25, 0.3) is 11.5 Å². The van der Waals surface area contributed by atoms with Crippen molar-refractivity contribution in [3.05, 3.63) is 33.1 Å². The van der Waals surface area contributed by atoms with Gasteiger partial charge in [0.15, 0.2) is 5.65 Å². The quantitative estimate of drug-likeness (QED) is 0.647. The molecule has 0 aromatic carbocycles. The minimum Gasteiger partial charge on any atom is -0.398 e. The fourth-order valence-corrected chi connectivity index (χ4v) is 5.46. The van der Waals surface area contributed by atoms with Gasteiger partial charge in [0.1, 0.15) is 11.4 Å². The molecule has 3 amide bonds. The van der Waals surface area contributed by atoms with Crippen molar-refractivity contribution in [2.24, 2.45) is 5.41 Å². The predicted octanol–water partition coefficient (Wildman–Crippen LogP) is 2.34. The maximum atomic E-state index is 13.5. The number of likely N-dealkylation sites (N-methyl/N-ethyl adjacent to an activating group) is 2. The molecule has 2 aromatic heterocycles. The van der Waals surface area contributed by atoms with Crippen molar-refractivity contribution in [2.75, 3.05) is 19.8 Å². The van der Waals surface area contributed by atoms with Gasteiger partial charge in [-0.2, -0.15) is 0 Å². The molecule has 2 aliphatic rings. The fourth-order valence-electron chi connectivity index (χ4n) is 5.46. The van der Waals surface area contributed by atoms with Gasteiger partial charge in [0.05, 0.1) is 0 Å². The van der Waals surface area contributed by atoms with E-state index in [4.69, 9.17) is 5.73 Å². The molecular weight excluding hydrogens is 436 g/mol. The van der Waals surface area contributed by atoms with Crippen molar-refractivity contribution in [3.8, 4) is 0 Å². The molecule has 184 valence electrons. The monoisotopic (exact) mass is 470 g/mol. The number of nitrogen functional groups attached to an aromatic ring is 1. The van der Waals surface area contributed by atoms with Crippen LogP contribution in [-0.2, 0) is 11.3 Å². The van der Waals surface area contributed by atoms with Gasteiger partial charge in [0.2, 0.25) is 0 Å². The summed E-state index contributed by atoms with van der Waals surface area (Å²) in [5, 5.41) is 0.297. The van der Waals surface area contributed by atoms with Crippen LogP contribution in [0.1, 0.15) is 64.8 Å². The van der Waals surface area contributed by atoms with Crippen molar-refractivity contribution < 1.29 is 9.59 Å². The average Bonchev–Trinajstić information content (AvgIpc) is 2.98. The summed E-state index contributed by atoms with van der Waals surface area (Å²) >= 11 is 0. The summed E-state index contributed by atoms with van der Waals surface area (Å²) in [5.41, 5.74) is 5.93. The van der Waals surface area contributed by atoms with Crippen LogP contribution < -0.4 is 17.0 Å². The summed E-state index contributed by atoms with van der Waals surface area (Å²) in [7, 11) is 3.17. The second kappa shape index (κ2) is 8.88. The zero-order valence-corrected chi connectivity index (χ0v) is 20.4. The maximum absolute atomic E-state index is 13.5. The summed E-state index contributed by atoms with van der Waals surface area (Å²) in [5.74, 6) is -0.177. The predicted molar refractivity (Wildman–Crippen MR) is 130 cm³/mol. The van der Waals surface area contributed by atoms with Crippen molar-refractivity contribution in [1.82, 2.24) is 23.9 Å². The lowest BCUT2D eigenvalue weighted by Gasteiger charge is -2.39. The lowest BCUT2D eigenvalue weighted by Crippen LogP contribution is -2.45. The van der Waals surface area contributed by atoms with E-state index in [9.17, 15) is 19.2 Å². The zero-order chi connectivity index (χ0) is 24.8. The molecule has 1 saturated carbocycles. The topological polar surface area (TPSA) is 124 Å². The van der Waals surface area contributed by atoms with Crippen LogP contribution >= 0.6 is 0 Å². The second-order valence-electron chi connectivity index (χ2n) is 10.1. The Labute approximate surface area is 198 Å². The van der Waals surface area contributed by atoms with Gasteiger partial charge in [-0.05, 0) is 50.0 Å². The smallest absolute Gasteiger partial charge is 0.332 e. The van der Waals surface area contributed by atoms with E-state index >= 15 is 0 Å². The van der Waals surface area contributed by atoms with Gasteiger partial charge in [-0.15, -0.1) is 0 Å². The van der Waals surface area contributed by atoms with Crippen LogP contribution in [0.5, 0.6) is 0 Å². The molecule has 0 radical (unpaired) electrons. The molecule has 1 aliphatic heterocycles. The molecule has 3 heterocycles. The van der Waals surface area contributed by atoms with Crippen LogP contribution in [0, 0.1) is 5.41 Å². The summed E-state index contributed by atoms with van der Waals surface area (Å²) in [6.07, 6.45) is 6.56. The van der Waals surface area contributed by atoms with Crippen LogP contribution in [0.3, 0.4) is 0 Å². The van der Waals surface area contributed by atoms with Crippen LogP contribution in [0.4, 0.5) is 10.5 Å². The number of nitrogens with zero attached hydrogens (tertiary/aromatic N) is 5. The third-order valence-corrected chi connectivity index (χ3v) is 7.71. The molecule has 4 rings (SSSR count). The van der Waals surface area contributed by atoms with E-state index in [1.54, 1.807) is 17.7 Å². The number of pyridine rings is 1. The first-order chi connectivity index (χ1) is 16.1. The highest BCUT2D eigenvalue weighted by Gasteiger charge is 2.45. The highest BCUT2D eigenvalue weighted by atomic mass is 16.2. The minimum absolute atomic E-state index is 0.168. The number of urea groups is 1. The third kappa shape index (κ3) is 3.88. The number of amides is 3. The van der Waals surface area contributed by atoms with E-state index in [1.807, 2.05) is 6.92 Å². The standard InChI is InChI=1S/C24H34N6O4/c1-5-6-13-29-19-18(16(25)9-12-26-19)21(32)30(23(29)34)15-7-10-24(2,11-8-15)14-17-20(31)28(4)22(33)27(17)3/h9,12,15,17H,5-8,10-11,13-14H2,1-4H3,(H2,25,26). The fraction of sp³-hybridized carbons (Fsp3) is 0.625. The van der Waals surface area contributed by atoms with E-state index < -0.39 is 6.04 Å². The van der Waals surface area contributed by atoms with Gasteiger partial charge in [-0.3, -0.25) is 23.6 Å². The average molecular weight is 471 g/mol. The van der Waals surface area contributed by atoms with Crippen molar-refractivity contribution in [1.29, 1.82) is 0 Å². The van der Waals surface area contributed by atoms with Gasteiger partial charge in [-0.1, -0.05) is 20.3 Å². The Balaban J connectivity index is 1.63. The molecular formula is C24H34N6O4. The Morgan fingerprint density at radius 1 is 1.15 bits per heavy atom. The van der Waals surface area contributed by atoms with Crippen LogP contribution in [-0.4, -0.2) is 56.0 Å². The van der Waals surface area contributed by atoms with Gasteiger partial charge in [-0.25, -0.2) is 14.6 Å². The Bertz CT molecular complexity index is 1240. The molecule has 0 spiro atoms. The van der Waals surface area contributed by atoms with Crippen molar-refractivity contribution in [3.63, 3.8) is 0 Å². The van der Waals surface area contributed by atoms with Crippen LogP contribution in [0.15, 0.2) is 21.9 Å². The number of rotatable bonds is 6. The number of anilines is 1. The normalized spacial score (nSPS) is 25.5. The Morgan fingerprint density at radius 2 is 1.82 bits per heavy atom. The maximum Gasteiger partial charge on any atom is 0.332 e. The van der Waals surface area contributed by atoms with E-state index in [-0.39, 0.29) is 34.6 Å². The first-order valence-electron chi connectivity index (χ1n) is 12.0. The number of hydrogen-bond acceptors (Lipinski definition) is 6. The molecule has 10 nitrogen and oxygen atoms in total. The molecule has 1 saturated heterocycles. The number of fused-ring (bicyclic) bond motifs is 1. The number of carbonyl (C=O) groups is 2. The van der Waals surface area contributed by atoms with E-state index in [2.05, 4.69) is 11.9 Å². The first-order valence-corrected chi connectivity index (χ1v) is 12.0. The largest absolute Gasteiger partial charge is 0.398 e. The van der Waals surface area contributed by atoms with Gasteiger partial charge in [0, 0.05) is 38.6 Å². The van der Waals surface area contributed by atoms with Gasteiger partial charge < -0.3 is 10.6 Å². The zero-order valence-electron chi connectivity index (χ0n) is 20.4. The lowest BCUT2D eigenvalue weighted by molar-refractivity contribution is -0.128. The van der Waals surface area contributed by atoms with E-state index in [1.165, 1.54) is 27.6 Å². The molecule has 1 atom stereocenters.